The number of aliphatic imine (C=N–C) groups is 1. The summed E-state index contributed by atoms with van der Waals surface area (Å²) in [6.07, 6.45) is 3.76. The summed E-state index contributed by atoms with van der Waals surface area (Å²) in [5.41, 5.74) is 1.33. The van der Waals surface area contributed by atoms with Crippen LogP contribution in [0.4, 0.5) is 0 Å². The number of aromatic nitrogens is 1. The monoisotopic (exact) mass is 416 g/mol. The second-order valence-electron chi connectivity index (χ2n) is 6.53. The second-order valence-corrected chi connectivity index (χ2v) is 8.18. The topological polar surface area (TPSA) is 110 Å². The van der Waals surface area contributed by atoms with Crippen molar-refractivity contribution in [1.29, 1.82) is 0 Å². The summed E-state index contributed by atoms with van der Waals surface area (Å²) in [7, 11) is -3.57. The molecule has 0 saturated heterocycles. The molecular weight excluding hydrogens is 392 g/mol. The summed E-state index contributed by atoms with van der Waals surface area (Å²) in [5, 5.41) is 2.82. The van der Waals surface area contributed by atoms with Crippen LogP contribution < -0.4 is 14.8 Å². The fourth-order valence-corrected chi connectivity index (χ4v) is 4.06. The van der Waals surface area contributed by atoms with Crippen molar-refractivity contribution in [1.82, 2.24) is 15.0 Å². The highest BCUT2D eigenvalue weighted by molar-refractivity contribution is 7.90. The average molecular weight is 417 g/mol. The third-order valence-electron chi connectivity index (χ3n) is 4.33. The van der Waals surface area contributed by atoms with E-state index in [1.807, 2.05) is 6.07 Å². The summed E-state index contributed by atoms with van der Waals surface area (Å²) >= 11 is 0. The SMILES string of the molecule is CCCCOc1ncccc1CNC(=O)CCN=C1NS(=O)(=O)c2ccccc21. The fourth-order valence-electron chi connectivity index (χ4n) is 2.80. The van der Waals surface area contributed by atoms with E-state index in [1.54, 1.807) is 30.5 Å². The maximum atomic E-state index is 12.2. The predicted molar refractivity (Wildman–Crippen MR) is 109 cm³/mol. The number of pyridine rings is 1. The van der Waals surface area contributed by atoms with Crippen molar-refractivity contribution in [2.75, 3.05) is 13.2 Å². The molecule has 29 heavy (non-hydrogen) atoms. The predicted octanol–water partition coefficient (Wildman–Crippen LogP) is 2.01. The quantitative estimate of drug-likeness (QED) is 0.608. The van der Waals surface area contributed by atoms with Gasteiger partial charge in [-0.3, -0.25) is 14.5 Å². The number of benzene rings is 1. The van der Waals surface area contributed by atoms with Gasteiger partial charge in [0.1, 0.15) is 5.84 Å². The Kier molecular flexibility index (Phi) is 6.82. The Balaban J connectivity index is 1.52. The van der Waals surface area contributed by atoms with Gasteiger partial charge < -0.3 is 10.1 Å². The van der Waals surface area contributed by atoms with Gasteiger partial charge in [0.05, 0.1) is 18.0 Å². The summed E-state index contributed by atoms with van der Waals surface area (Å²) in [6.45, 7) is 3.15. The fraction of sp³-hybridized carbons (Fsp3) is 0.350. The first-order valence-electron chi connectivity index (χ1n) is 9.51. The van der Waals surface area contributed by atoms with E-state index >= 15 is 0 Å². The van der Waals surface area contributed by atoms with Crippen molar-refractivity contribution in [3.63, 3.8) is 0 Å². The molecule has 0 bridgehead atoms. The lowest BCUT2D eigenvalue weighted by Crippen LogP contribution is -2.25. The zero-order valence-electron chi connectivity index (χ0n) is 16.2. The molecule has 0 spiro atoms. The number of amides is 1. The molecule has 1 aromatic carbocycles. The minimum Gasteiger partial charge on any atom is -0.477 e. The molecule has 0 saturated carbocycles. The van der Waals surface area contributed by atoms with Gasteiger partial charge in [-0.2, -0.15) is 0 Å². The maximum Gasteiger partial charge on any atom is 0.263 e. The van der Waals surface area contributed by atoms with Crippen molar-refractivity contribution in [3.05, 3.63) is 53.7 Å². The molecule has 2 aromatic rings. The van der Waals surface area contributed by atoms with Crippen molar-refractivity contribution >= 4 is 21.8 Å². The molecule has 2 N–H and O–H groups in total. The number of nitrogens with zero attached hydrogens (tertiary/aromatic N) is 2. The van der Waals surface area contributed by atoms with Gasteiger partial charge in [-0.25, -0.2) is 13.4 Å². The van der Waals surface area contributed by atoms with Crippen molar-refractivity contribution in [2.24, 2.45) is 4.99 Å². The number of hydrogen-bond donors (Lipinski definition) is 2. The number of amidine groups is 1. The van der Waals surface area contributed by atoms with Crippen LogP contribution in [-0.2, 0) is 21.4 Å². The smallest absolute Gasteiger partial charge is 0.263 e. The molecule has 8 nitrogen and oxygen atoms in total. The minimum atomic E-state index is -3.57. The van der Waals surface area contributed by atoms with Gasteiger partial charge in [-0.1, -0.05) is 31.5 Å². The largest absolute Gasteiger partial charge is 0.477 e. The number of rotatable bonds is 9. The summed E-state index contributed by atoms with van der Waals surface area (Å²) in [5.74, 6) is 0.609. The summed E-state index contributed by atoms with van der Waals surface area (Å²) < 4.78 is 32.2. The Labute approximate surface area is 170 Å². The van der Waals surface area contributed by atoms with Gasteiger partial charge in [-0.15, -0.1) is 0 Å². The zero-order chi connectivity index (χ0) is 20.7. The molecule has 0 fully saturated rings. The van der Waals surface area contributed by atoms with Gasteiger partial charge in [0.25, 0.3) is 10.0 Å². The van der Waals surface area contributed by atoms with E-state index in [4.69, 9.17) is 4.74 Å². The van der Waals surface area contributed by atoms with Crippen molar-refractivity contribution in [3.8, 4) is 5.88 Å². The number of ether oxygens (including phenoxy) is 1. The van der Waals surface area contributed by atoms with Gasteiger partial charge in [0, 0.05) is 30.3 Å². The van der Waals surface area contributed by atoms with E-state index < -0.39 is 10.0 Å². The Bertz CT molecular complexity index is 1010. The summed E-state index contributed by atoms with van der Waals surface area (Å²) in [4.78, 5) is 20.8. The van der Waals surface area contributed by atoms with Gasteiger partial charge >= 0.3 is 0 Å². The molecule has 0 atom stereocenters. The molecule has 1 aliphatic rings. The zero-order valence-corrected chi connectivity index (χ0v) is 17.0. The highest BCUT2D eigenvalue weighted by Crippen LogP contribution is 2.22. The maximum absolute atomic E-state index is 12.2. The lowest BCUT2D eigenvalue weighted by molar-refractivity contribution is -0.121. The van der Waals surface area contributed by atoms with E-state index in [0.29, 0.717) is 24.6 Å². The van der Waals surface area contributed by atoms with Gasteiger partial charge in [-0.05, 0) is 24.6 Å². The Hall–Kier alpha value is -2.94. The highest BCUT2D eigenvalue weighted by Gasteiger charge is 2.29. The molecule has 9 heteroatoms. The second kappa shape index (κ2) is 9.51. The number of carbonyl (C=O) groups excluding carboxylic acids is 1. The average Bonchev–Trinajstić information content (AvgIpc) is 2.98. The van der Waals surface area contributed by atoms with Gasteiger partial charge in [0.2, 0.25) is 11.8 Å². The number of nitrogens with one attached hydrogen (secondary N) is 2. The third kappa shape index (κ3) is 5.32. The molecule has 1 aliphatic heterocycles. The van der Waals surface area contributed by atoms with E-state index in [2.05, 4.69) is 26.9 Å². The number of sulfonamides is 1. The van der Waals surface area contributed by atoms with E-state index in [9.17, 15) is 13.2 Å². The van der Waals surface area contributed by atoms with Crippen molar-refractivity contribution < 1.29 is 17.9 Å². The molecule has 1 aromatic heterocycles. The van der Waals surface area contributed by atoms with Crippen LogP contribution in [-0.4, -0.2) is 38.3 Å². The van der Waals surface area contributed by atoms with Crippen molar-refractivity contribution in [2.45, 2.75) is 37.6 Å². The number of unbranched alkanes of at least 4 members (excludes halogenated alkanes) is 1. The van der Waals surface area contributed by atoms with Crippen LogP contribution in [0.5, 0.6) is 5.88 Å². The van der Waals surface area contributed by atoms with Crippen LogP contribution in [0.15, 0.2) is 52.5 Å². The molecule has 2 heterocycles. The van der Waals surface area contributed by atoms with Crippen LogP contribution >= 0.6 is 0 Å². The first kappa shape index (κ1) is 20.8. The minimum absolute atomic E-state index is 0.139. The van der Waals surface area contributed by atoms with Gasteiger partial charge in [0.15, 0.2) is 0 Å². The first-order chi connectivity index (χ1) is 14.0. The molecule has 154 valence electrons. The lowest BCUT2D eigenvalue weighted by atomic mass is 10.2. The van der Waals surface area contributed by atoms with E-state index in [1.165, 1.54) is 6.07 Å². The normalized spacial score (nSPS) is 15.6. The third-order valence-corrected chi connectivity index (χ3v) is 5.73. The van der Waals surface area contributed by atoms with Crippen LogP contribution in [0.2, 0.25) is 0 Å². The van der Waals surface area contributed by atoms with Crippen LogP contribution in [0.25, 0.3) is 0 Å². The molecule has 0 unspecified atom stereocenters. The van der Waals surface area contributed by atoms with Crippen LogP contribution in [0.1, 0.15) is 37.3 Å². The molecule has 3 rings (SSSR count). The number of carbonyl (C=O) groups is 1. The lowest BCUT2D eigenvalue weighted by Gasteiger charge is -2.10. The molecule has 0 radical (unpaired) electrons. The molecular formula is C20H24N4O4S. The van der Waals surface area contributed by atoms with E-state index in [0.717, 1.165) is 18.4 Å². The molecule has 1 amide bonds. The Morgan fingerprint density at radius 3 is 2.90 bits per heavy atom. The van der Waals surface area contributed by atoms with Crippen LogP contribution in [0.3, 0.4) is 0 Å². The van der Waals surface area contributed by atoms with Crippen LogP contribution in [0, 0.1) is 0 Å². The van der Waals surface area contributed by atoms with E-state index in [-0.39, 0.29) is 29.6 Å². The number of fused-ring (bicyclic) bond motifs is 1. The number of hydrogen-bond acceptors (Lipinski definition) is 6. The Morgan fingerprint density at radius 2 is 2.07 bits per heavy atom. The highest BCUT2D eigenvalue weighted by atomic mass is 32.2. The standard InChI is InChI=1S/C20H24N4O4S/c1-2-3-13-28-20-15(7-6-11-22-20)14-23-18(25)10-12-21-19-16-8-4-5-9-17(16)29(26,27)24-19/h4-9,11H,2-3,10,12-14H2,1H3,(H,21,24)(H,23,25). The first-order valence-corrected chi connectivity index (χ1v) is 11.0. The summed E-state index contributed by atoms with van der Waals surface area (Å²) in [6, 6.07) is 10.3. The molecule has 0 aliphatic carbocycles. The Morgan fingerprint density at radius 1 is 1.24 bits per heavy atom.